The maximum atomic E-state index is 12.6. The van der Waals surface area contributed by atoms with Gasteiger partial charge in [0.2, 0.25) is 10.0 Å². The second kappa shape index (κ2) is 7.56. The van der Waals surface area contributed by atoms with Gasteiger partial charge in [0.05, 0.1) is 15.5 Å². The first-order valence-corrected chi connectivity index (χ1v) is 9.51. The van der Waals surface area contributed by atoms with Crippen LogP contribution < -0.4 is 4.74 Å². The van der Waals surface area contributed by atoms with Crippen LogP contribution in [0.2, 0.25) is 5.02 Å². The first-order valence-electron chi connectivity index (χ1n) is 7.69. The summed E-state index contributed by atoms with van der Waals surface area (Å²) in [6.07, 6.45) is 0. The van der Waals surface area contributed by atoms with Crippen LogP contribution in [0.4, 0.5) is 0 Å². The van der Waals surface area contributed by atoms with Gasteiger partial charge < -0.3 is 4.74 Å². The van der Waals surface area contributed by atoms with Crippen molar-refractivity contribution < 1.29 is 17.9 Å². The van der Waals surface area contributed by atoms with Crippen LogP contribution in [-0.2, 0) is 10.0 Å². The first kappa shape index (κ1) is 19.4. The van der Waals surface area contributed by atoms with Crippen molar-refractivity contribution in [2.75, 3.05) is 7.05 Å². The number of benzene rings is 2. The third-order valence-corrected chi connectivity index (χ3v) is 6.11. The Balaban J connectivity index is 2.32. The molecule has 7 heteroatoms. The standard InChI is InChI=1S/C18H20ClNO4S/c1-12(2)20(4)25(22,23)15-7-5-6-14(11-15)18(21)24-17-10-13(3)8-9-16(17)19/h5-12H,1-4H3. The van der Waals surface area contributed by atoms with Crippen LogP contribution in [0.15, 0.2) is 47.4 Å². The Hall–Kier alpha value is -1.89. The van der Waals surface area contributed by atoms with Crippen LogP contribution in [0.25, 0.3) is 0 Å². The summed E-state index contributed by atoms with van der Waals surface area (Å²) < 4.78 is 31.7. The number of esters is 1. The lowest BCUT2D eigenvalue weighted by Crippen LogP contribution is -2.33. The molecule has 134 valence electrons. The van der Waals surface area contributed by atoms with Crippen molar-refractivity contribution in [1.82, 2.24) is 4.31 Å². The number of halogens is 1. The number of sulfonamides is 1. The van der Waals surface area contributed by atoms with Gasteiger partial charge in [0.1, 0.15) is 5.75 Å². The van der Waals surface area contributed by atoms with Gasteiger partial charge in [-0.15, -0.1) is 0 Å². The summed E-state index contributed by atoms with van der Waals surface area (Å²) in [5.74, 6) is -0.434. The molecule has 0 saturated carbocycles. The lowest BCUT2D eigenvalue weighted by Gasteiger charge is -2.21. The largest absolute Gasteiger partial charge is 0.421 e. The number of aryl methyl sites for hydroxylation is 1. The van der Waals surface area contributed by atoms with Crippen LogP contribution in [0.5, 0.6) is 5.75 Å². The summed E-state index contributed by atoms with van der Waals surface area (Å²) in [5.41, 5.74) is 1.03. The van der Waals surface area contributed by atoms with Crippen molar-refractivity contribution in [3.8, 4) is 5.75 Å². The smallest absolute Gasteiger partial charge is 0.343 e. The topological polar surface area (TPSA) is 63.7 Å². The molecule has 0 aliphatic carbocycles. The van der Waals surface area contributed by atoms with Gasteiger partial charge in [-0.25, -0.2) is 13.2 Å². The summed E-state index contributed by atoms with van der Waals surface area (Å²) in [5, 5.41) is 0.308. The molecule has 0 spiro atoms. The highest BCUT2D eigenvalue weighted by Gasteiger charge is 2.24. The van der Waals surface area contributed by atoms with Crippen LogP contribution >= 0.6 is 11.6 Å². The monoisotopic (exact) mass is 381 g/mol. The molecule has 0 saturated heterocycles. The number of ether oxygens (including phenoxy) is 1. The number of rotatable bonds is 5. The highest BCUT2D eigenvalue weighted by molar-refractivity contribution is 7.89. The van der Waals surface area contributed by atoms with Crippen molar-refractivity contribution in [2.45, 2.75) is 31.7 Å². The third-order valence-electron chi connectivity index (χ3n) is 3.76. The average Bonchev–Trinajstić information content (AvgIpc) is 2.57. The van der Waals surface area contributed by atoms with Crippen molar-refractivity contribution in [3.05, 3.63) is 58.6 Å². The first-order chi connectivity index (χ1) is 11.6. The van der Waals surface area contributed by atoms with Crippen molar-refractivity contribution in [3.63, 3.8) is 0 Å². The summed E-state index contributed by atoms with van der Waals surface area (Å²) in [6, 6.07) is 10.6. The predicted octanol–water partition coefficient (Wildman–Crippen LogP) is 3.90. The van der Waals surface area contributed by atoms with Gasteiger partial charge in [0, 0.05) is 13.1 Å². The molecule has 0 aromatic heterocycles. The summed E-state index contributed by atoms with van der Waals surface area (Å²) >= 11 is 6.03. The summed E-state index contributed by atoms with van der Waals surface area (Å²) in [7, 11) is -2.18. The minimum atomic E-state index is -3.68. The van der Waals surface area contributed by atoms with Gasteiger partial charge >= 0.3 is 5.97 Å². The molecular formula is C18H20ClNO4S. The van der Waals surface area contributed by atoms with Crippen molar-refractivity contribution in [2.24, 2.45) is 0 Å². The number of carbonyl (C=O) groups excluding carboxylic acids is 1. The van der Waals surface area contributed by atoms with E-state index >= 15 is 0 Å². The number of hydrogen-bond acceptors (Lipinski definition) is 4. The molecular weight excluding hydrogens is 362 g/mol. The van der Waals surface area contributed by atoms with Crippen LogP contribution in [0.1, 0.15) is 29.8 Å². The molecule has 25 heavy (non-hydrogen) atoms. The zero-order valence-electron chi connectivity index (χ0n) is 14.5. The molecule has 0 bridgehead atoms. The molecule has 0 fully saturated rings. The molecule has 2 rings (SSSR count). The minimum absolute atomic E-state index is 0.0356. The Morgan fingerprint density at radius 1 is 1.16 bits per heavy atom. The second-order valence-electron chi connectivity index (χ2n) is 5.97. The van der Waals surface area contributed by atoms with E-state index in [9.17, 15) is 13.2 Å². The Morgan fingerprint density at radius 2 is 1.84 bits per heavy atom. The molecule has 0 aliphatic heterocycles. The molecule has 2 aromatic carbocycles. The van der Waals surface area contributed by atoms with Crippen LogP contribution in [0, 0.1) is 6.92 Å². The zero-order valence-corrected chi connectivity index (χ0v) is 16.1. The van der Waals surface area contributed by atoms with Gasteiger partial charge in [0.25, 0.3) is 0 Å². The van der Waals surface area contributed by atoms with Gasteiger partial charge in [-0.05, 0) is 56.7 Å². The summed E-state index contributed by atoms with van der Waals surface area (Å²) in [6.45, 7) is 5.40. The van der Waals surface area contributed by atoms with E-state index in [0.29, 0.717) is 5.02 Å². The van der Waals surface area contributed by atoms with E-state index in [1.54, 1.807) is 32.0 Å². The predicted molar refractivity (Wildman–Crippen MR) is 97.7 cm³/mol. The average molecular weight is 382 g/mol. The van der Waals surface area contributed by atoms with E-state index < -0.39 is 16.0 Å². The molecule has 0 unspecified atom stereocenters. The van der Waals surface area contributed by atoms with Gasteiger partial charge in [-0.1, -0.05) is 23.7 Å². The molecule has 2 aromatic rings. The number of carbonyl (C=O) groups is 1. The quantitative estimate of drug-likeness (QED) is 0.582. The van der Waals surface area contributed by atoms with E-state index in [-0.39, 0.29) is 22.3 Å². The fraction of sp³-hybridized carbons (Fsp3) is 0.278. The number of nitrogens with zero attached hydrogens (tertiary/aromatic N) is 1. The molecule has 0 aliphatic rings. The highest BCUT2D eigenvalue weighted by atomic mass is 35.5. The van der Waals surface area contributed by atoms with Crippen LogP contribution in [0.3, 0.4) is 0 Å². The molecule has 0 radical (unpaired) electrons. The third kappa shape index (κ3) is 4.39. The highest BCUT2D eigenvalue weighted by Crippen LogP contribution is 2.26. The zero-order chi connectivity index (χ0) is 18.8. The van der Waals surface area contributed by atoms with E-state index in [1.165, 1.54) is 35.6 Å². The minimum Gasteiger partial charge on any atom is -0.421 e. The fourth-order valence-corrected chi connectivity index (χ4v) is 3.65. The van der Waals surface area contributed by atoms with E-state index in [2.05, 4.69) is 0 Å². The van der Waals surface area contributed by atoms with E-state index in [0.717, 1.165) is 5.56 Å². The Labute approximate surface area is 153 Å². The number of hydrogen-bond donors (Lipinski definition) is 0. The SMILES string of the molecule is Cc1ccc(Cl)c(OC(=O)c2cccc(S(=O)(=O)N(C)C(C)C)c2)c1. The van der Waals surface area contributed by atoms with Gasteiger partial charge in [-0.3, -0.25) is 0 Å². The Morgan fingerprint density at radius 3 is 2.48 bits per heavy atom. The maximum absolute atomic E-state index is 12.6. The molecule has 0 heterocycles. The second-order valence-corrected chi connectivity index (χ2v) is 8.37. The summed E-state index contributed by atoms with van der Waals surface area (Å²) in [4.78, 5) is 12.4. The lowest BCUT2D eigenvalue weighted by atomic mass is 10.2. The van der Waals surface area contributed by atoms with Crippen LogP contribution in [-0.4, -0.2) is 31.8 Å². The Kier molecular flexibility index (Phi) is 5.87. The molecule has 0 atom stereocenters. The lowest BCUT2D eigenvalue weighted by molar-refractivity contribution is 0.0734. The van der Waals surface area contributed by atoms with E-state index in [4.69, 9.17) is 16.3 Å². The van der Waals surface area contributed by atoms with Gasteiger partial charge in [0.15, 0.2) is 0 Å². The molecule has 5 nitrogen and oxygen atoms in total. The van der Waals surface area contributed by atoms with Crippen molar-refractivity contribution >= 4 is 27.6 Å². The normalized spacial score (nSPS) is 11.8. The fourth-order valence-electron chi connectivity index (χ4n) is 2.07. The Bertz CT molecular complexity index is 894. The van der Waals surface area contributed by atoms with Gasteiger partial charge in [-0.2, -0.15) is 4.31 Å². The molecule has 0 amide bonds. The van der Waals surface area contributed by atoms with E-state index in [1.807, 2.05) is 6.92 Å². The molecule has 0 N–H and O–H groups in total. The maximum Gasteiger partial charge on any atom is 0.343 e. The van der Waals surface area contributed by atoms with Crippen molar-refractivity contribution in [1.29, 1.82) is 0 Å².